The van der Waals surface area contributed by atoms with Crippen LogP contribution >= 0.6 is 0 Å². The van der Waals surface area contributed by atoms with Crippen molar-refractivity contribution in [1.82, 2.24) is 4.98 Å². The van der Waals surface area contributed by atoms with Gasteiger partial charge in [0, 0.05) is 24.1 Å². The molecule has 3 N–H and O–H groups in total. The Morgan fingerprint density at radius 3 is 2.44 bits per heavy atom. The van der Waals surface area contributed by atoms with Crippen LogP contribution in [0.25, 0.3) is 17.2 Å². The van der Waals surface area contributed by atoms with Gasteiger partial charge in [-0.05, 0) is 48.4 Å². The van der Waals surface area contributed by atoms with E-state index in [0.29, 0.717) is 47.6 Å². The second-order valence-electron chi connectivity index (χ2n) is 9.46. The van der Waals surface area contributed by atoms with Crippen LogP contribution in [0, 0.1) is 5.82 Å². The summed E-state index contributed by atoms with van der Waals surface area (Å²) >= 11 is 0. The first-order valence-corrected chi connectivity index (χ1v) is 13.8. The Morgan fingerprint density at radius 1 is 1.19 bits per heavy atom. The summed E-state index contributed by atoms with van der Waals surface area (Å²) < 4.78 is 40.5. The van der Waals surface area contributed by atoms with Gasteiger partial charge < -0.3 is 15.3 Å². The van der Waals surface area contributed by atoms with Crippen LogP contribution in [0.3, 0.4) is 0 Å². The third kappa shape index (κ3) is 6.68. The average Bonchev–Trinajstić information content (AvgIpc) is 2.99. The molecule has 0 radical (unpaired) electrons. The highest BCUT2D eigenvalue weighted by atomic mass is 32.2. The van der Waals surface area contributed by atoms with Gasteiger partial charge in [-0.25, -0.2) is 17.8 Å². The number of carboxylic acid groups (broad SMARTS) is 1. The number of carboxylic acids is 1. The smallest absolute Gasteiger partial charge is 0.305 e. The second-order valence-corrected chi connectivity index (χ2v) is 11.4. The molecule has 2 aromatic rings. The van der Waals surface area contributed by atoms with Gasteiger partial charge in [0.15, 0.2) is 0 Å². The number of sulfonamides is 1. The topological polar surface area (TPSA) is 128 Å². The predicted octanol–water partition coefficient (Wildman–Crippen LogP) is 3.71. The van der Waals surface area contributed by atoms with Gasteiger partial charge in [-0.2, -0.15) is 0 Å². The second kappa shape index (κ2) is 11.5. The lowest BCUT2D eigenvalue weighted by Gasteiger charge is -2.26. The fourth-order valence-electron chi connectivity index (χ4n) is 4.48. The number of fused-ring (bicyclic) bond motifs is 1. The molecule has 1 aromatic heterocycles. The van der Waals surface area contributed by atoms with E-state index in [4.69, 9.17) is 10.1 Å². The standard InChI is InChI=1S/C26H33FN2O6S/c1-16(2)25-21(12-11-19(30)14-20(31)15-23(32)33)24(17-7-9-18(27)10-8-17)22-6-4-5-13-29(26(22)28-25)36(3,34)35/h7-12,16,19-20,30-31H,4-6,13-15H2,1-3H3,(H,32,33)/t19-,20-/m1/s1. The highest BCUT2D eigenvalue weighted by molar-refractivity contribution is 7.92. The number of hydrogen-bond acceptors (Lipinski definition) is 6. The molecule has 1 aliphatic heterocycles. The zero-order valence-corrected chi connectivity index (χ0v) is 21.5. The molecule has 8 nitrogen and oxygen atoms in total. The molecule has 0 bridgehead atoms. The molecule has 0 saturated heterocycles. The Hall–Kier alpha value is -2.82. The van der Waals surface area contributed by atoms with Gasteiger partial charge in [-0.15, -0.1) is 0 Å². The number of aromatic nitrogens is 1. The third-order valence-electron chi connectivity index (χ3n) is 6.11. The van der Waals surface area contributed by atoms with Crippen LogP contribution in [-0.2, 0) is 21.2 Å². The van der Waals surface area contributed by atoms with Gasteiger partial charge in [0.05, 0.1) is 30.6 Å². The number of rotatable bonds is 9. The van der Waals surface area contributed by atoms with Crippen molar-refractivity contribution in [3.63, 3.8) is 0 Å². The molecule has 1 aliphatic rings. The molecule has 0 amide bonds. The van der Waals surface area contributed by atoms with Crippen molar-refractivity contribution in [2.75, 3.05) is 17.1 Å². The molecule has 10 heteroatoms. The minimum atomic E-state index is -3.60. The Morgan fingerprint density at radius 2 is 1.86 bits per heavy atom. The molecule has 2 atom stereocenters. The summed E-state index contributed by atoms with van der Waals surface area (Å²) in [5.41, 5.74) is 3.41. The van der Waals surface area contributed by atoms with E-state index < -0.39 is 40.4 Å². The van der Waals surface area contributed by atoms with Crippen LogP contribution in [0.4, 0.5) is 10.2 Å². The summed E-state index contributed by atoms with van der Waals surface area (Å²) in [7, 11) is -3.60. The molecule has 0 fully saturated rings. The van der Waals surface area contributed by atoms with Crippen molar-refractivity contribution in [1.29, 1.82) is 0 Å². The molecule has 0 unspecified atom stereocenters. The Balaban J connectivity index is 2.23. The first kappa shape index (κ1) is 27.8. The van der Waals surface area contributed by atoms with Crippen molar-refractivity contribution >= 4 is 27.9 Å². The number of aliphatic carboxylic acids is 1. The number of halogens is 1. The quantitative estimate of drug-likeness (QED) is 0.460. The number of benzene rings is 1. The minimum Gasteiger partial charge on any atom is -0.481 e. The van der Waals surface area contributed by atoms with E-state index in [2.05, 4.69) is 0 Å². The third-order valence-corrected chi connectivity index (χ3v) is 7.26. The van der Waals surface area contributed by atoms with Crippen LogP contribution < -0.4 is 4.31 Å². The van der Waals surface area contributed by atoms with Crippen molar-refractivity contribution in [3.05, 3.63) is 53.0 Å². The number of aliphatic hydroxyl groups is 2. The molecule has 1 aromatic carbocycles. The summed E-state index contributed by atoms with van der Waals surface area (Å²) in [4.78, 5) is 15.7. The molecule has 0 saturated carbocycles. The Bertz CT molecular complexity index is 1230. The Labute approximate surface area is 211 Å². The first-order chi connectivity index (χ1) is 16.9. The fourth-order valence-corrected chi connectivity index (χ4v) is 5.40. The maximum Gasteiger partial charge on any atom is 0.305 e. The van der Waals surface area contributed by atoms with Crippen LogP contribution in [0.15, 0.2) is 30.3 Å². The molecule has 3 rings (SSSR count). The first-order valence-electron chi connectivity index (χ1n) is 11.9. The van der Waals surface area contributed by atoms with Gasteiger partial charge in [-0.1, -0.05) is 38.1 Å². The highest BCUT2D eigenvalue weighted by Gasteiger charge is 2.30. The zero-order chi connectivity index (χ0) is 26.6. The summed E-state index contributed by atoms with van der Waals surface area (Å²) in [5.74, 6) is -1.31. The number of nitrogens with zero attached hydrogens (tertiary/aromatic N) is 2. The van der Waals surface area contributed by atoms with E-state index in [1.54, 1.807) is 18.2 Å². The van der Waals surface area contributed by atoms with Gasteiger partial charge in [-0.3, -0.25) is 9.10 Å². The summed E-state index contributed by atoms with van der Waals surface area (Å²) in [6.45, 7) is 4.17. The largest absolute Gasteiger partial charge is 0.481 e. The number of carbonyl (C=O) groups is 1. The normalized spacial score (nSPS) is 16.1. The van der Waals surface area contributed by atoms with E-state index in [1.165, 1.54) is 22.5 Å². The van der Waals surface area contributed by atoms with Gasteiger partial charge in [0.1, 0.15) is 11.6 Å². The highest BCUT2D eigenvalue weighted by Crippen LogP contribution is 2.41. The number of pyridine rings is 1. The Kier molecular flexibility index (Phi) is 8.86. The lowest BCUT2D eigenvalue weighted by Crippen LogP contribution is -2.32. The summed E-state index contributed by atoms with van der Waals surface area (Å²) in [6.07, 6.45) is 3.30. The molecular formula is C26H33FN2O6S. The van der Waals surface area contributed by atoms with Gasteiger partial charge >= 0.3 is 5.97 Å². The van der Waals surface area contributed by atoms with E-state index in [9.17, 15) is 27.8 Å². The van der Waals surface area contributed by atoms with E-state index in [-0.39, 0.29) is 12.3 Å². The van der Waals surface area contributed by atoms with E-state index >= 15 is 0 Å². The predicted molar refractivity (Wildman–Crippen MR) is 137 cm³/mol. The van der Waals surface area contributed by atoms with E-state index in [1.807, 2.05) is 13.8 Å². The molecular weight excluding hydrogens is 487 g/mol. The lowest BCUT2D eigenvalue weighted by atomic mass is 9.88. The molecule has 0 spiro atoms. The SMILES string of the molecule is CC(C)c1nc2c(c(-c3ccc(F)cc3)c1C=C[C@@H](O)C[C@@H](O)CC(=O)O)CCCCN2S(C)(=O)=O. The monoisotopic (exact) mass is 520 g/mol. The maximum absolute atomic E-state index is 13.8. The summed E-state index contributed by atoms with van der Waals surface area (Å²) in [6, 6.07) is 5.95. The van der Waals surface area contributed by atoms with Crippen LogP contribution in [-0.4, -0.2) is 59.7 Å². The van der Waals surface area contributed by atoms with Crippen LogP contribution in [0.2, 0.25) is 0 Å². The molecule has 2 heterocycles. The number of anilines is 1. The van der Waals surface area contributed by atoms with Gasteiger partial charge in [0.25, 0.3) is 0 Å². The maximum atomic E-state index is 13.8. The lowest BCUT2D eigenvalue weighted by molar-refractivity contribution is -0.139. The molecule has 0 aliphatic carbocycles. The molecule has 196 valence electrons. The number of hydrogen-bond donors (Lipinski definition) is 3. The average molecular weight is 521 g/mol. The summed E-state index contributed by atoms with van der Waals surface area (Å²) in [5, 5.41) is 29.2. The van der Waals surface area contributed by atoms with E-state index in [0.717, 1.165) is 18.2 Å². The van der Waals surface area contributed by atoms with Crippen molar-refractivity contribution in [3.8, 4) is 11.1 Å². The minimum absolute atomic E-state index is 0.117. The van der Waals surface area contributed by atoms with Crippen molar-refractivity contribution in [2.24, 2.45) is 0 Å². The van der Waals surface area contributed by atoms with Crippen molar-refractivity contribution < 1.29 is 32.9 Å². The van der Waals surface area contributed by atoms with Gasteiger partial charge in [0.2, 0.25) is 10.0 Å². The van der Waals surface area contributed by atoms with Crippen molar-refractivity contribution in [2.45, 2.75) is 64.1 Å². The fraction of sp³-hybridized carbons (Fsp3) is 0.462. The number of aliphatic hydroxyl groups excluding tert-OH is 2. The van der Waals surface area contributed by atoms with Crippen LogP contribution in [0.5, 0.6) is 0 Å². The molecule has 36 heavy (non-hydrogen) atoms. The van der Waals surface area contributed by atoms with Crippen LogP contribution in [0.1, 0.15) is 62.3 Å². The zero-order valence-electron chi connectivity index (χ0n) is 20.7.